The van der Waals surface area contributed by atoms with Crippen LogP contribution >= 0.6 is 9.24 Å². The SMILES string of the molecule is C=C/N=C(/Cc1ccccc1)NC(CC)CCCCCP. The smallest absolute Gasteiger partial charge is 0.106 e. The van der Waals surface area contributed by atoms with Crippen LogP contribution in [0.25, 0.3) is 0 Å². The van der Waals surface area contributed by atoms with Gasteiger partial charge in [-0.15, -0.1) is 9.24 Å². The van der Waals surface area contributed by atoms with Crippen molar-refractivity contribution >= 4 is 15.1 Å². The van der Waals surface area contributed by atoms with Gasteiger partial charge in [0, 0.05) is 18.7 Å². The van der Waals surface area contributed by atoms with Gasteiger partial charge in [-0.1, -0.05) is 56.7 Å². The fourth-order valence-electron chi connectivity index (χ4n) is 2.36. The summed E-state index contributed by atoms with van der Waals surface area (Å²) >= 11 is 0. The van der Waals surface area contributed by atoms with Crippen LogP contribution in [-0.2, 0) is 6.42 Å². The van der Waals surface area contributed by atoms with Crippen LogP contribution in [0.5, 0.6) is 0 Å². The van der Waals surface area contributed by atoms with Crippen molar-refractivity contribution in [1.29, 1.82) is 0 Å². The predicted octanol–water partition coefficient (Wildman–Crippen LogP) is 4.57. The molecule has 1 rings (SSSR count). The highest BCUT2D eigenvalue weighted by molar-refractivity contribution is 7.16. The number of aliphatic imine (C=N–C) groups is 1. The number of unbranched alkanes of at least 4 members (excludes halogenated alkanes) is 2. The highest BCUT2D eigenvalue weighted by Crippen LogP contribution is 2.09. The van der Waals surface area contributed by atoms with Gasteiger partial charge in [-0.3, -0.25) is 0 Å². The number of rotatable bonds is 10. The van der Waals surface area contributed by atoms with Crippen LogP contribution in [0.15, 0.2) is 48.1 Å². The predicted molar refractivity (Wildman–Crippen MR) is 98.0 cm³/mol. The third-order valence-corrected chi connectivity index (χ3v) is 3.99. The van der Waals surface area contributed by atoms with Crippen molar-refractivity contribution < 1.29 is 0 Å². The first-order valence-electron chi connectivity index (χ1n) is 7.98. The first-order valence-corrected chi connectivity index (χ1v) is 8.79. The molecule has 0 radical (unpaired) electrons. The van der Waals surface area contributed by atoms with Crippen LogP contribution < -0.4 is 5.32 Å². The van der Waals surface area contributed by atoms with E-state index >= 15 is 0 Å². The first kappa shape index (κ1) is 17.9. The van der Waals surface area contributed by atoms with Crippen LogP contribution in [0.3, 0.4) is 0 Å². The molecule has 3 heteroatoms. The summed E-state index contributed by atoms with van der Waals surface area (Å²) in [5, 5.41) is 3.60. The van der Waals surface area contributed by atoms with Crippen molar-refractivity contribution in [3.05, 3.63) is 48.7 Å². The van der Waals surface area contributed by atoms with Gasteiger partial charge in [0.2, 0.25) is 0 Å². The second kappa shape index (κ2) is 11.5. The Morgan fingerprint density at radius 2 is 2.05 bits per heavy atom. The molecule has 1 aromatic rings. The summed E-state index contributed by atoms with van der Waals surface area (Å²) in [7, 11) is 2.80. The second-order valence-electron chi connectivity index (χ2n) is 5.31. The Labute approximate surface area is 132 Å². The topological polar surface area (TPSA) is 24.4 Å². The van der Waals surface area contributed by atoms with E-state index in [0.717, 1.165) is 18.7 Å². The van der Waals surface area contributed by atoms with E-state index in [1.165, 1.54) is 37.4 Å². The molecule has 0 amide bonds. The molecule has 0 aliphatic rings. The molecule has 0 spiro atoms. The largest absolute Gasteiger partial charge is 0.371 e. The lowest BCUT2D eigenvalue weighted by Gasteiger charge is -2.19. The lowest BCUT2D eigenvalue weighted by atomic mass is 10.1. The molecular formula is C18H29N2P. The molecule has 0 fully saturated rings. The second-order valence-corrected chi connectivity index (χ2v) is 5.89. The first-order chi connectivity index (χ1) is 10.3. The maximum Gasteiger partial charge on any atom is 0.106 e. The Kier molecular flexibility index (Phi) is 9.82. The van der Waals surface area contributed by atoms with Crippen molar-refractivity contribution in [3.63, 3.8) is 0 Å². The highest BCUT2D eigenvalue weighted by atomic mass is 31.0. The number of hydrogen-bond acceptors (Lipinski definition) is 1. The molecule has 0 heterocycles. The van der Waals surface area contributed by atoms with Crippen molar-refractivity contribution in [2.45, 2.75) is 51.5 Å². The molecule has 1 aromatic carbocycles. The highest BCUT2D eigenvalue weighted by Gasteiger charge is 2.09. The van der Waals surface area contributed by atoms with E-state index < -0.39 is 0 Å². The molecule has 1 N–H and O–H groups in total. The Morgan fingerprint density at radius 1 is 1.29 bits per heavy atom. The summed E-state index contributed by atoms with van der Waals surface area (Å²) < 4.78 is 0. The molecule has 0 aromatic heterocycles. The van der Waals surface area contributed by atoms with Gasteiger partial charge in [0.15, 0.2) is 0 Å². The van der Waals surface area contributed by atoms with Gasteiger partial charge in [-0.2, -0.15) is 0 Å². The molecule has 0 aliphatic heterocycles. The maximum atomic E-state index is 4.42. The zero-order valence-electron chi connectivity index (χ0n) is 13.2. The van der Waals surface area contributed by atoms with E-state index in [1.54, 1.807) is 6.20 Å². The van der Waals surface area contributed by atoms with Crippen LogP contribution in [0.4, 0.5) is 0 Å². The fourth-order valence-corrected chi connectivity index (χ4v) is 2.65. The Hall–Kier alpha value is -1.14. The molecule has 2 nitrogen and oxygen atoms in total. The van der Waals surface area contributed by atoms with E-state index in [4.69, 9.17) is 0 Å². The summed E-state index contributed by atoms with van der Waals surface area (Å²) in [6.07, 6.45) is 9.93. The minimum absolute atomic E-state index is 0.511. The van der Waals surface area contributed by atoms with Gasteiger partial charge in [-0.25, -0.2) is 4.99 Å². The molecule has 0 saturated carbocycles. The zero-order chi connectivity index (χ0) is 15.3. The number of nitrogens with one attached hydrogen (secondary N) is 1. The average molecular weight is 304 g/mol. The lowest BCUT2D eigenvalue weighted by Crippen LogP contribution is -2.35. The van der Waals surface area contributed by atoms with Gasteiger partial charge in [0.1, 0.15) is 5.84 Å². The van der Waals surface area contributed by atoms with E-state index in [-0.39, 0.29) is 0 Å². The third kappa shape index (κ3) is 8.02. The normalized spacial score (nSPS) is 13.0. The number of benzene rings is 1. The molecule has 21 heavy (non-hydrogen) atoms. The van der Waals surface area contributed by atoms with Crippen molar-refractivity contribution in [2.75, 3.05) is 6.16 Å². The van der Waals surface area contributed by atoms with Crippen molar-refractivity contribution in [2.24, 2.45) is 4.99 Å². The zero-order valence-corrected chi connectivity index (χ0v) is 14.4. The molecule has 2 atom stereocenters. The van der Waals surface area contributed by atoms with Gasteiger partial charge in [0.25, 0.3) is 0 Å². The minimum Gasteiger partial charge on any atom is -0.371 e. The van der Waals surface area contributed by atoms with Crippen LogP contribution in [0.2, 0.25) is 0 Å². The molecular weight excluding hydrogens is 275 g/mol. The molecule has 0 saturated heterocycles. The van der Waals surface area contributed by atoms with E-state index in [9.17, 15) is 0 Å². The fraction of sp³-hybridized carbons (Fsp3) is 0.500. The van der Waals surface area contributed by atoms with Gasteiger partial charge in [-0.05, 0) is 31.0 Å². The monoisotopic (exact) mass is 304 g/mol. The molecule has 116 valence electrons. The van der Waals surface area contributed by atoms with Gasteiger partial charge in [0.05, 0.1) is 0 Å². The van der Waals surface area contributed by atoms with E-state index in [2.05, 4.69) is 57.3 Å². The van der Waals surface area contributed by atoms with E-state index in [0.29, 0.717) is 6.04 Å². The Bertz CT molecular complexity index is 414. The van der Waals surface area contributed by atoms with E-state index in [1.807, 2.05) is 6.07 Å². The minimum atomic E-state index is 0.511. The Balaban J connectivity index is 2.51. The van der Waals surface area contributed by atoms with Gasteiger partial charge >= 0.3 is 0 Å². The van der Waals surface area contributed by atoms with Crippen LogP contribution in [-0.4, -0.2) is 18.0 Å². The maximum absolute atomic E-state index is 4.42. The lowest BCUT2D eigenvalue weighted by molar-refractivity contribution is 0.507. The Morgan fingerprint density at radius 3 is 2.67 bits per heavy atom. The molecule has 0 aliphatic carbocycles. The number of amidine groups is 1. The third-order valence-electron chi connectivity index (χ3n) is 3.58. The number of nitrogens with zero attached hydrogens (tertiary/aromatic N) is 1. The van der Waals surface area contributed by atoms with Crippen LogP contribution in [0.1, 0.15) is 44.6 Å². The van der Waals surface area contributed by atoms with Crippen LogP contribution in [0, 0.1) is 0 Å². The molecule has 2 unspecified atom stereocenters. The van der Waals surface area contributed by atoms with Gasteiger partial charge < -0.3 is 5.32 Å². The summed E-state index contributed by atoms with van der Waals surface area (Å²) in [5.74, 6) is 1.02. The average Bonchev–Trinajstić information content (AvgIpc) is 2.51. The summed E-state index contributed by atoms with van der Waals surface area (Å²) in [5.41, 5.74) is 1.28. The molecule has 0 bridgehead atoms. The quantitative estimate of drug-likeness (QED) is 0.291. The van der Waals surface area contributed by atoms with Crippen molar-refractivity contribution in [3.8, 4) is 0 Å². The summed E-state index contributed by atoms with van der Waals surface area (Å²) in [6, 6.07) is 11.0. The standard InChI is InChI=1S/C18H29N2P/c1-3-17(13-9-6-10-14-21)20-18(19-4-2)15-16-11-7-5-8-12-16/h4-5,7-8,11-12,17H,2-3,6,9-10,13-15,21H2,1H3,(H,19,20). The summed E-state index contributed by atoms with van der Waals surface area (Å²) in [6.45, 7) is 5.97. The number of hydrogen-bond donors (Lipinski definition) is 1. The summed E-state index contributed by atoms with van der Waals surface area (Å²) in [4.78, 5) is 4.42. The van der Waals surface area contributed by atoms with Crippen molar-refractivity contribution in [1.82, 2.24) is 5.32 Å².